The van der Waals surface area contributed by atoms with E-state index in [4.69, 9.17) is 47.4 Å². The van der Waals surface area contributed by atoms with Crippen LogP contribution in [0.15, 0.2) is 30.3 Å². The van der Waals surface area contributed by atoms with Crippen molar-refractivity contribution in [3.8, 4) is 0 Å². The zero-order chi connectivity index (χ0) is 29.9. The first-order chi connectivity index (χ1) is 20.9. The van der Waals surface area contributed by atoms with Crippen molar-refractivity contribution in [1.82, 2.24) is 0 Å². The number of hydrogen-bond donors (Lipinski definition) is 0. The number of unbranched alkanes of at least 4 members (excludes halogenated alkanes) is 4. The van der Waals surface area contributed by atoms with Gasteiger partial charge in [0.25, 0.3) is 0 Å². The molecule has 0 radical (unpaired) electrons. The molecule has 0 saturated carbocycles. The second kappa shape index (κ2) is 34.3. The van der Waals surface area contributed by atoms with Gasteiger partial charge in [-0.25, -0.2) is 0 Å². The summed E-state index contributed by atoms with van der Waals surface area (Å²) in [6.45, 7) is 13.6. The third-order valence-corrected chi connectivity index (χ3v) is 5.85. The van der Waals surface area contributed by atoms with Gasteiger partial charge in [-0.15, -0.1) is 0 Å². The van der Waals surface area contributed by atoms with Crippen LogP contribution in [0, 0.1) is 0 Å². The molecule has 42 heavy (non-hydrogen) atoms. The minimum absolute atomic E-state index is 0.527. The molecule has 0 atom stereocenters. The average molecular weight is 603 g/mol. The maximum Gasteiger partial charge on any atom is 0.0718 e. The number of ether oxygens (including phenoxy) is 10. The largest absolute Gasteiger partial charge is 0.379 e. The molecule has 0 amide bonds. The van der Waals surface area contributed by atoms with Crippen LogP contribution in [-0.4, -0.2) is 126 Å². The van der Waals surface area contributed by atoms with Gasteiger partial charge >= 0.3 is 0 Å². The molecule has 246 valence electrons. The highest BCUT2D eigenvalue weighted by molar-refractivity contribution is 5.13. The van der Waals surface area contributed by atoms with E-state index in [1.165, 1.54) is 25.7 Å². The Morgan fingerprint density at radius 2 is 0.643 bits per heavy atom. The zero-order valence-corrected chi connectivity index (χ0v) is 26.1. The number of benzene rings is 1. The van der Waals surface area contributed by atoms with Gasteiger partial charge in [-0.1, -0.05) is 62.9 Å². The lowest BCUT2D eigenvalue weighted by molar-refractivity contribution is -0.0267. The predicted octanol–water partition coefficient (Wildman–Crippen LogP) is 4.32. The predicted molar refractivity (Wildman–Crippen MR) is 162 cm³/mol. The summed E-state index contributed by atoms with van der Waals surface area (Å²) in [5, 5.41) is 0. The first kappa shape index (κ1) is 38.8. The van der Waals surface area contributed by atoms with Gasteiger partial charge in [0.2, 0.25) is 0 Å². The van der Waals surface area contributed by atoms with E-state index in [0.717, 1.165) is 18.6 Å². The smallest absolute Gasteiger partial charge is 0.0718 e. The van der Waals surface area contributed by atoms with E-state index in [2.05, 4.69) is 6.92 Å². The molecule has 0 aromatic heterocycles. The molecule has 0 unspecified atom stereocenters. The van der Waals surface area contributed by atoms with Gasteiger partial charge in [0, 0.05) is 6.61 Å². The Morgan fingerprint density at radius 3 is 1.00 bits per heavy atom. The summed E-state index contributed by atoms with van der Waals surface area (Å²) in [6, 6.07) is 10.1. The molecule has 1 aromatic carbocycles. The molecule has 1 rings (SSSR count). The van der Waals surface area contributed by atoms with Crippen molar-refractivity contribution in [3.05, 3.63) is 35.9 Å². The second-order valence-electron chi connectivity index (χ2n) is 9.46. The van der Waals surface area contributed by atoms with E-state index in [0.29, 0.717) is 126 Å². The van der Waals surface area contributed by atoms with E-state index in [-0.39, 0.29) is 0 Å². The van der Waals surface area contributed by atoms with Crippen LogP contribution in [0.1, 0.15) is 44.6 Å². The van der Waals surface area contributed by atoms with Gasteiger partial charge in [0.15, 0.2) is 0 Å². The molecular formula is C32H58O10. The highest BCUT2D eigenvalue weighted by Crippen LogP contribution is 2.02. The first-order valence-corrected chi connectivity index (χ1v) is 15.7. The van der Waals surface area contributed by atoms with Crippen LogP contribution in [0.4, 0.5) is 0 Å². The van der Waals surface area contributed by atoms with Crippen LogP contribution in [0.25, 0.3) is 0 Å². The Labute approximate surface area is 254 Å². The van der Waals surface area contributed by atoms with E-state index in [9.17, 15) is 0 Å². The summed E-state index contributed by atoms with van der Waals surface area (Å²) in [7, 11) is 0. The lowest BCUT2D eigenvalue weighted by atomic mass is 10.2. The van der Waals surface area contributed by atoms with Crippen molar-refractivity contribution >= 4 is 0 Å². The Morgan fingerprint density at radius 1 is 0.333 bits per heavy atom. The standard InChI is InChI=1S/C32H58O10/c1-2-3-4-5-9-12-33-13-14-34-15-16-35-17-18-36-19-20-37-21-22-38-23-24-39-25-26-40-27-28-41-29-30-42-31-32-10-7-6-8-11-32/h6-8,10-11H,2-5,9,12-31H2,1H3. The Balaban J connectivity index is 1.61. The monoisotopic (exact) mass is 602 g/mol. The van der Waals surface area contributed by atoms with E-state index >= 15 is 0 Å². The summed E-state index contributed by atoms with van der Waals surface area (Å²) in [6.07, 6.45) is 6.29. The van der Waals surface area contributed by atoms with Crippen molar-refractivity contribution in [2.24, 2.45) is 0 Å². The highest BCUT2D eigenvalue weighted by Gasteiger charge is 1.97. The Kier molecular flexibility index (Phi) is 31.7. The van der Waals surface area contributed by atoms with Gasteiger partial charge in [-0.05, 0) is 12.0 Å². The summed E-state index contributed by atoms with van der Waals surface area (Å²) in [4.78, 5) is 0. The van der Waals surface area contributed by atoms with Crippen LogP contribution in [-0.2, 0) is 54.0 Å². The van der Waals surface area contributed by atoms with Crippen LogP contribution in [0.3, 0.4) is 0 Å². The molecule has 0 fully saturated rings. The molecule has 0 spiro atoms. The highest BCUT2D eigenvalue weighted by atomic mass is 16.6. The summed E-state index contributed by atoms with van der Waals surface area (Å²) >= 11 is 0. The molecule has 0 saturated heterocycles. The molecular weight excluding hydrogens is 544 g/mol. The SMILES string of the molecule is CCCCCCCOCCOCCOCCOCCOCCOCCOCCOCCOCCOCc1ccccc1. The van der Waals surface area contributed by atoms with Crippen LogP contribution >= 0.6 is 0 Å². The maximum absolute atomic E-state index is 5.57. The second-order valence-corrected chi connectivity index (χ2v) is 9.46. The fourth-order valence-corrected chi connectivity index (χ4v) is 3.55. The Hall–Kier alpha value is -1.18. The summed E-state index contributed by atoms with van der Waals surface area (Å²) < 4.78 is 55.0. The van der Waals surface area contributed by atoms with Gasteiger partial charge in [0.1, 0.15) is 0 Å². The van der Waals surface area contributed by atoms with E-state index < -0.39 is 0 Å². The molecule has 0 N–H and O–H groups in total. The van der Waals surface area contributed by atoms with Gasteiger partial charge in [0.05, 0.1) is 126 Å². The lowest BCUT2D eigenvalue weighted by Crippen LogP contribution is -2.15. The topological polar surface area (TPSA) is 92.3 Å². The fourth-order valence-electron chi connectivity index (χ4n) is 3.55. The fraction of sp³-hybridized carbons (Fsp3) is 0.812. The van der Waals surface area contributed by atoms with Crippen molar-refractivity contribution in [2.75, 3.05) is 126 Å². The van der Waals surface area contributed by atoms with Crippen molar-refractivity contribution < 1.29 is 47.4 Å². The van der Waals surface area contributed by atoms with Crippen molar-refractivity contribution in [1.29, 1.82) is 0 Å². The zero-order valence-electron chi connectivity index (χ0n) is 26.1. The summed E-state index contributed by atoms with van der Waals surface area (Å²) in [5.41, 5.74) is 1.16. The van der Waals surface area contributed by atoms with Gasteiger partial charge in [-0.3, -0.25) is 0 Å². The lowest BCUT2D eigenvalue weighted by Gasteiger charge is -2.09. The van der Waals surface area contributed by atoms with Crippen molar-refractivity contribution in [2.45, 2.75) is 45.6 Å². The minimum Gasteiger partial charge on any atom is -0.379 e. The Bertz CT molecular complexity index is 623. The average Bonchev–Trinajstić information content (AvgIpc) is 3.01. The van der Waals surface area contributed by atoms with Crippen LogP contribution < -0.4 is 0 Å². The van der Waals surface area contributed by atoms with Crippen LogP contribution in [0.2, 0.25) is 0 Å². The molecule has 0 aliphatic carbocycles. The molecule has 1 aromatic rings. The molecule has 0 aliphatic heterocycles. The molecule has 0 aliphatic rings. The number of hydrogen-bond acceptors (Lipinski definition) is 10. The van der Waals surface area contributed by atoms with E-state index in [1.54, 1.807) is 0 Å². The van der Waals surface area contributed by atoms with Gasteiger partial charge in [-0.2, -0.15) is 0 Å². The van der Waals surface area contributed by atoms with Crippen LogP contribution in [0.5, 0.6) is 0 Å². The first-order valence-electron chi connectivity index (χ1n) is 15.7. The molecule has 10 nitrogen and oxygen atoms in total. The molecule has 10 heteroatoms. The quantitative estimate of drug-likeness (QED) is 0.105. The third kappa shape index (κ3) is 30.3. The minimum atomic E-state index is 0.527. The van der Waals surface area contributed by atoms with Gasteiger partial charge < -0.3 is 47.4 Å². The third-order valence-electron chi connectivity index (χ3n) is 5.85. The molecule has 0 bridgehead atoms. The van der Waals surface area contributed by atoms with Crippen molar-refractivity contribution in [3.63, 3.8) is 0 Å². The normalized spacial score (nSPS) is 11.5. The number of rotatable bonds is 35. The molecule has 0 heterocycles. The maximum atomic E-state index is 5.57. The van der Waals surface area contributed by atoms with E-state index in [1.807, 2.05) is 30.3 Å². The summed E-state index contributed by atoms with van der Waals surface area (Å²) in [5.74, 6) is 0.